The van der Waals surface area contributed by atoms with E-state index in [0.29, 0.717) is 0 Å². The van der Waals surface area contributed by atoms with Crippen LogP contribution in [-0.4, -0.2) is 0 Å². The van der Waals surface area contributed by atoms with E-state index in [-0.39, 0.29) is 6.04 Å². The minimum atomic E-state index is 0.246. The second-order valence-corrected chi connectivity index (χ2v) is 4.45. The lowest BCUT2D eigenvalue weighted by molar-refractivity contribution is 0.711. The third-order valence-corrected chi connectivity index (χ3v) is 3.55. The zero-order valence-corrected chi connectivity index (χ0v) is 9.39. The quantitative estimate of drug-likeness (QED) is 0.802. The Balaban J connectivity index is 2.59. The van der Waals surface area contributed by atoms with E-state index >= 15 is 0 Å². The highest BCUT2D eigenvalue weighted by molar-refractivity contribution is 9.10. The van der Waals surface area contributed by atoms with Crippen LogP contribution in [0.5, 0.6) is 0 Å². The molecule has 1 aliphatic rings. The van der Waals surface area contributed by atoms with Crippen LogP contribution in [0.1, 0.15) is 36.1 Å². The van der Waals surface area contributed by atoms with Gasteiger partial charge in [-0.3, -0.25) is 0 Å². The molecule has 1 aromatic carbocycles. The molecule has 1 aromatic rings. The van der Waals surface area contributed by atoms with Gasteiger partial charge in [0.2, 0.25) is 0 Å². The van der Waals surface area contributed by atoms with Crippen molar-refractivity contribution in [1.29, 1.82) is 0 Å². The fourth-order valence-electron chi connectivity index (χ4n) is 2.15. The van der Waals surface area contributed by atoms with Crippen LogP contribution in [0.4, 0.5) is 0 Å². The molecule has 1 unspecified atom stereocenters. The van der Waals surface area contributed by atoms with E-state index in [0.717, 1.165) is 19.3 Å². The molecule has 1 nitrogen and oxygen atoms in total. The minimum Gasteiger partial charge on any atom is -0.324 e. The lowest BCUT2D eigenvalue weighted by atomic mass is 10.0. The van der Waals surface area contributed by atoms with E-state index in [1.165, 1.54) is 21.2 Å². The Bertz CT molecular complexity index is 333. The molecule has 0 saturated heterocycles. The second kappa shape index (κ2) is 3.43. The Morgan fingerprint density at radius 2 is 2.31 bits per heavy atom. The van der Waals surface area contributed by atoms with Gasteiger partial charge in [-0.2, -0.15) is 0 Å². The number of halogens is 1. The molecule has 70 valence electrons. The average molecular weight is 240 g/mol. The highest BCUT2D eigenvalue weighted by Gasteiger charge is 2.23. The lowest BCUT2D eigenvalue weighted by Crippen LogP contribution is -2.06. The van der Waals surface area contributed by atoms with Crippen LogP contribution in [0, 0.1) is 0 Å². The van der Waals surface area contributed by atoms with E-state index in [2.05, 4.69) is 35.0 Å². The molecular formula is C11H14BrN. The van der Waals surface area contributed by atoms with Gasteiger partial charge in [-0.15, -0.1) is 0 Å². The van der Waals surface area contributed by atoms with Crippen molar-refractivity contribution < 1.29 is 0 Å². The van der Waals surface area contributed by atoms with Crippen molar-refractivity contribution in [1.82, 2.24) is 0 Å². The van der Waals surface area contributed by atoms with Gasteiger partial charge in [0, 0.05) is 10.5 Å². The normalized spacial score (nSPS) is 20.4. The number of aryl methyl sites for hydroxylation is 1. The number of rotatable bonds is 1. The van der Waals surface area contributed by atoms with Crippen LogP contribution >= 0.6 is 15.9 Å². The molecule has 1 aliphatic carbocycles. The summed E-state index contributed by atoms with van der Waals surface area (Å²) in [5, 5.41) is 0. The molecule has 0 fully saturated rings. The van der Waals surface area contributed by atoms with Gasteiger partial charge in [-0.25, -0.2) is 0 Å². The van der Waals surface area contributed by atoms with Crippen molar-refractivity contribution in [2.24, 2.45) is 5.73 Å². The predicted octanol–water partition coefficient (Wildman–Crippen LogP) is 2.96. The van der Waals surface area contributed by atoms with Gasteiger partial charge in [0.05, 0.1) is 0 Å². The standard InChI is InChI=1S/C11H14BrN/c1-2-7-3-5-9(12)11-8(7)4-6-10(11)13/h3,5,10H,2,4,6,13H2,1H3. The van der Waals surface area contributed by atoms with Crippen LogP contribution in [-0.2, 0) is 12.8 Å². The Hall–Kier alpha value is -0.340. The molecule has 0 amide bonds. The van der Waals surface area contributed by atoms with Crippen LogP contribution in [0.3, 0.4) is 0 Å². The first-order valence-electron chi connectivity index (χ1n) is 4.79. The third kappa shape index (κ3) is 1.42. The smallest absolute Gasteiger partial charge is 0.0312 e. The number of nitrogens with two attached hydrogens (primary N) is 1. The highest BCUT2D eigenvalue weighted by atomic mass is 79.9. The summed E-state index contributed by atoms with van der Waals surface area (Å²) < 4.78 is 1.18. The Kier molecular flexibility index (Phi) is 2.43. The number of fused-ring (bicyclic) bond motifs is 1. The Morgan fingerprint density at radius 1 is 1.54 bits per heavy atom. The number of benzene rings is 1. The number of hydrogen-bond acceptors (Lipinski definition) is 1. The van der Waals surface area contributed by atoms with Gasteiger partial charge in [-0.1, -0.05) is 28.9 Å². The van der Waals surface area contributed by atoms with Crippen molar-refractivity contribution in [2.75, 3.05) is 0 Å². The van der Waals surface area contributed by atoms with Crippen molar-refractivity contribution in [3.05, 3.63) is 33.3 Å². The van der Waals surface area contributed by atoms with Gasteiger partial charge in [0.1, 0.15) is 0 Å². The summed E-state index contributed by atoms with van der Waals surface area (Å²) in [6.45, 7) is 2.20. The molecule has 2 heteroatoms. The van der Waals surface area contributed by atoms with Gasteiger partial charge >= 0.3 is 0 Å². The van der Waals surface area contributed by atoms with E-state index in [4.69, 9.17) is 5.73 Å². The molecule has 1 atom stereocenters. The molecule has 0 heterocycles. The maximum atomic E-state index is 6.04. The summed E-state index contributed by atoms with van der Waals surface area (Å²) in [5.74, 6) is 0. The molecule has 13 heavy (non-hydrogen) atoms. The van der Waals surface area contributed by atoms with E-state index in [1.807, 2.05) is 0 Å². The first-order chi connectivity index (χ1) is 6.24. The van der Waals surface area contributed by atoms with Gasteiger partial charge in [-0.05, 0) is 42.0 Å². The SMILES string of the molecule is CCc1ccc(Br)c2c1CCC2N. The maximum absolute atomic E-state index is 6.04. The summed E-state index contributed by atoms with van der Waals surface area (Å²) in [7, 11) is 0. The molecule has 0 bridgehead atoms. The van der Waals surface area contributed by atoms with E-state index < -0.39 is 0 Å². The topological polar surface area (TPSA) is 26.0 Å². The van der Waals surface area contributed by atoms with Gasteiger partial charge < -0.3 is 5.73 Å². The van der Waals surface area contributed by atoms with Crippen LogP contribution in [0.15, 0.2) is 16.6 Å². The Labute approximate surface area is 87.5 Å². The molecule has 0 radical (unpaired) electrons. The first kappa shape index (κ1) is 9.22. The van der Waals surface area contributed by atoms with Crippen LogP contribution in [0.25, 0.3) is 0 Å². The monoisotopic (exact) mass is 239 g/mol. The average Bonchev–Trinajstić information content (AvgIpc) is 2.50. The van der Waals surface area contributed by atoms with E-state index in [9.17, 15) is 0 Å². The van der Waals surface area contributed by atoms with Crippen molar-refractivity contribution in [3.63, 3.8) is 0 Å². The first-order valence-corrected chi connectivity index (χ1v) is 5.59. The predicted molar refractivity (Wildman–Crippen MR) is 58.8 cm³/mol. The summed E-state index contributed by atoms with van der Waals surface area (Å²) in [6.07, 6.45) is 3.37. The zero-order valence-electron chi connectivity index (χ0n) is 7.81. The summed E-state index contributed by atoms with van der Waals surface area (Å²) >= 11 is 3.57. The minimum absolute atomic E-state index is 0.246. The summed E-state index contributed by atoms with van der Waals surface area (Å²) in [6, 6.07) is 4.58. The Morgan fingerprint density at radius 3 is 3.00 bits per heavy atom. The lowest BCUT2D eigenvalue weighted by Gasteiger charge is -2.10. The number of hydrogen-bond donors (Lipinski definition) is 1. The maximum Gasteiger partial charge on any atom is 0.0312 e. The molecular weight excluding hydrogens is 226 g/mol. The van der Waals surface area contributed by atoms with Crippen molar-refractivity contribution >= 4 is 15.9 Å². The molecule has 0 aromatic heterocycles. The molecule has 2 N–H and O–H groups in total. The molecule has 0 saturated carbocycles. The zero-order chi connectivity index (χ0) is 9.42. The van der Waals surface area contributed by atoms with Crippen molar-refractivity contribution in [3.8, 4) is 0 Å². The largest absolute Gasteiger partial charge is 0.324 e. The fraction of sp³-hybridized carbons (Fsp3) is 0.455. The van der Waals surface area contributed by atoms with Crippen LogP contribution < -0.4 is 5.73 Å². The van der Waals surface area contributed by atoms with Gasteiger partial charge in [0.25, 0.3) is 0 Å². The molecule has 0 spiro atoms. The van der Waals surface area contributed by atoms with Crippen molar-refractivity contribution in [2.45, 2.75) is 32.2 Å². The third-order valence-electron chi connectivity index (χ3n) is 2.86. The van der Waals surface area contributed by atoms with Gasteiger partial charge in [0.15, 0.2) is 0 Å². The second-order valence-electron chi connectivity index (χ2n) is 3.60. The fourth-order valence-corrected chi connectivity index (χ4v) is 2.82. The molecule has 2 rings (SSSR count). The highest BCUT2D eigenvalue weighted by Crippen LogP contribution is 2.37. The summed E-state index contributed by atoms with van der Waals surface area (Å²) in [5.41, 5.74) is 10.3. The summed E-state index contributed by atoms with van der Waals surface area (Å²) in [4.78, 5) is 0. The molecule has 0 aliphatic heterocycles. The van der Waals surface area contributed by atoms with Crippen LogP contribution in [0.2, 0.25) is 0 Å². The van der Waals surface area contributed by atoms with E-state index in [1.54, 1.807) is 0 Å².